The second-order valence-corrected chi connectivity index (χ2v) is 8.19. The Hall–Kier alpha value is -3.16. The first-order valence-electron chi connectivity index (χ1n) is 8.30. The molecule has 0 spiro atoms. The summed E-state index contributed by atoms with van der Waals surface area (Å²) in [6.07, 6.45) is 0. The molecule has 0 bridgehead atoms. The first kappa shape index (κ1) is 18.2. The number of aromatic amines is 1. The number of nitrogens with one attached hydrogen (secondary N) is 2. The van der Waals surface area contributed by atoms with E-state index in [0.29, 0.717) is 27.3 Å². The molecule has 1 heterocycles. The predicted octanol–water partition coefficient (Wildman–Crippen LogP) is 4.04. The van der Waals surface area contributed by atoms with Crippen molar-refractivity contribution in [2.45, 2.75) is 4.90 Å². The highest BCUT2D eigenvalue weighted by Gasteiger charge is 2.15. The van der Waals surface area contributed by atoms with Gasteiger partial charge in [-0.3, -0.25) is 9.52 Å². The van der Waals surface area contributed by atoms with Gasteiger partial charge in [0.25, 0.3) is 15.6 Å². The summed E-state index contributed by atoms with van der Waals surface area (Å²) in [4.78, 5) is 19.7. The normalized spacial score (nSPS) is 11.5. The fourth-order valence-corrected chi connectivity index (χ4v) is 3.96. The average molecular weight is 412 g/mol. The molecule has 8 heteroatoms. The standard InChI is InChI=1S/C20H14ClN3O3S/c21-14-8-10-16(11-9-14)28(26,27)24-15-5-3-4-13(12-15)19-20(25)23-18-7-2-1-6-17(18)22-19/h1-12,24H,(H,23,25). The number of halogens is 1. The van der Waals surface area contributed by atoms with Crippen LogP contribution in [0, 0.1) is 0 Å². The van der Waals surface area contributed by atoms with Gasteiger partial charge in [0.05, 0.1) is 15.9 Å². The molecule has 0 amide bonds. The van der Waals surface area contributed by atoms with Gasteiger partial charge in [0.1, 0.15) is 5.69 Å². The van der Waals surface area contributed by atoms with Crippen LogP contribution in [0.3, 0.4) is 0 Å². The fourth-order valence-electron chi connectivity index (χ4n) is 2.78. The smallest absolute Gasteiger partial charge is 0.274 e. The first-order valence-corrected chi connectivity index (χ1v) is 10.2. The van der Waals surface area contributed by atoms with E-state index in [0.717, 1.165) is 0 Å². The van der Waals surface area contributed by atoms with Crippen LogP contribution in [0.1, 0.15) is 0 Å². The third-order valence-corrected chi connectivity index (χ3v) is 5.76. The van der Waals surface area contributed by atoms with Gasteiger partial charge in [-0.1, -0.05) is 35.9 Å². The van der Waals surface area contributed by atoms with Crippen LogP contribution in [0.5, 0.6) is 0 Å². The number of H-pyrrole nitrogens is 1. The molecule has 0 aliphatic carbocycles. The predicted molar refractivity (Wildman–Crippen MR) is 110 cm³/mol. The van der Waals surface area contributed by atoms with Crippen molar-refractivity contribution in [1.29, 1.82) is 0 Å². The van der Waals surface area contributed by atoms with Crippen LogP contribution in [0.4, 0.5) is 5.69 Å². The molecule has 1 aromatic heterocycles. The van der Waals surface area contributed by atoms with E-state index in [2.05, 4.69) is 14.7 Å². The molecule has 28 heavy (non-hydrogen) atoms. The summed E-state index contributed by atoms with van der Waals surface area (Å²) in [6.45, 7) is 0. The van der Waals surface area contributed by atoms with E-state index in [-0.39, 0.29) is 16.1 Å². The minimum Gasteiger partial charge on any atom is -0.319 e. The third-order valence-electron chi connectivity index (χ3n) is 4.11. The number of hydrogen-bond donors (Lipinski definition) is 2. The maximum absolute atomic E-state index is 12.6. The molecular weight excluding hydrogens is 398 g/mol. The number of hydrogen-bond acceptors (Lipinski definition) is 4. The van der Waals surface area contributed by atoms with Crippen molar-refractivity contribution >= 4 is 38.3 Å². The van der Waals surface area contributed by atoms with E-state index in [1.165, 1.54) is 24.3 Å². The Morgan fingerprint density at radius 2 is 1.68 bits per heavy atom. The molecule has 0 unspecified atom stereocenters. The van der Waals surface area contributed by atoms with E-state index in [1.807, 2.05) is 12.1 Å². The molecule has 0 radical (unpaired) electrons. The molecular formula is C20H14ClN3O3S. The third kappa shape index (κ3) is 3.62. The molecule has 2 N–H and O–H groups in total. The van der Waals surface area contributed by atoms with Crippen molar-refractivity contribution in [1.82, 2.24) is 9.97 Å². The van der Waals surface area contributed by atoms with Crippen LogP contribution >= 0.6 is 11.6 Å². The van der Waals surface area contributed by atoms with Crippen LogP contribution in [0.15, 0.2) is 82.5 Å². The Labute approximate surface area is 165 Å². The first-order chi connectivity index (χ1) is 13.4. The van der Waals surface area contributed by atoms with Crippen molar-refractivity contribution in [3.8, 4) is 11.3 Å². The van der Waals surface area contributed by atoms with E-state index >= 15 is 0 Å². The molecule has 3 aromatic carbocycles. The number of rotatable bonds is 4. The van der Waals surface area contributed by atoms with E-state index in [4.69, 9.17) is 11.6 Å². The maximum Gasteiger partial charge on any atom is 0.274 e. The van der Waals surface area contributed by atoms with Crippen molar-refractivity contribution in [3.05, 3.63) is 88.2 Å². The average Bonchev–Trinajstić information content (AvgIpc) is 2.67. The SMILES string of the molecule is O=c1[nH]c2ccccc2nc1-c1cccc(NS(=O)(=O)c2ccc(Cl)cc2)c1. The number of para-hydroxylation sites is 2. The van der Waals surface area contributed by atoms with Gasteiger partial charge in [-0.25, -0.2) is 13.4 Å². The fraction of sp³-hybridized carbons (Fsp3) is 0. The lowest BCUT2D eigenvalue weighted by Crippen LogP contribution is -2.14. The Kier molecular flexibility index (Phi) is 4.62. The minimum atomic E-state index is -3.79. The van der Waals surface area contributed by atoms with E-state index < -0.39 is 10.0 Å². The molecule has 140 valence electrons. The lowest BCUT2D eigenvalue weighted by atomic mass is 10.1. The summed E-state index contributed by atoms with van der Waals surface area (Å²) in [5, 5.41) is 0.447. The summed E-state index contributed by atoms with van der Waals surface area (Å²) in [6, 6.07) is 19.6. The van der Waals surface area contributed by atoms with Gasteiger partial charge < -0.3 is 4.98 Å². The number of sulfonamides is 1. The van der Waals surface area contributed by atoms with Crippen LogP contribution in [-0.2, 0) is 10.0 Å². The molecule has 0 aliphatic heterocycles. The molecule has 0 aliphatic rings. The zero-order valence-corrected chi connectivity index (χ0v) is 16.0. The number of aromatic nitrogens is 2. The van der Waals surface area contributed by atoms with Crippen molar-refractivity contribution < 1.29 is 8.42 Å². The van der Waals surface area contributed by atoms with Crippen molar-refractivity contribution in [2.75, 3.05) is 4.72 Å². The Morgan fingerprint density at radius 1 is 0.929 bits per heavy atom. The quantitative estimate of drug-likeness (QED) is 0.530. The summed E-state index contributed by atoms with van der Waals surface area (Å²) in [5.74, 6) is 0. The van der Waals surface area contributed by atoms with Crippen molar-refractivity contribution in [2.24, 2.45) is 0 Å². The Bertz CT molecular complexity index is 1330. The molecule has 4 aromatic rings. The maximum atomic E-state index is 12.6. The summed E-state index contributed by atoms with van der Waals surface area (Å²) in [5.41, 5.74) is 1.97. The number of fused-ring (bicyclic) bond motifs is 1. The molecule has 4 rings (SSSR count). The topological polar surface area (TPSA) is 91.9 Å². The van der Waals surface area contributed by atoms with Gasteiger partial charge >= 0.3 is 0 Å². The van der Waals surface area contributed by atoms with Crippen LogP contribution in [0.25, 0.3) is 22.3 Å². The van der Waals surface area contributed by atoms with E-state index in [1.54, 1.807) is 36.4 Å². The molecule has 0 saturated heterocycles. The van der Waals surface area contributed by atoms with Crippen LogP contribution < -0.4 is 10.3 Å². The largest absolute Gasteiger partial charge is 0.319 e. The van der Waals surface area contributed by atoms with Gasteiger partial charge in [0.2, 0.25) is 0 Å². The van der Waals surface area contributed by atoms with Crippen LogP contribution in [-0.4, -0.2) is 18.4 Å². The highest BCUT2D eigenvalue weighted by atomic mass is 35.5. The summed E-state index contributed by atoms with van der Waals surface area (Å²) >= 11 is 5.81. The van der Waals surface area contributed by atoms with Gasteiger partial charge in [-0.15, -0.1) is 0 Å². The number of nitrogens with zero attached hydrogens (tertiary/aromatic N) is 1. The van der Waals surface area contributed by atoms with E-state index in [9.17, 15) is 13.2 Å². The molecule has 0 saturated carbocycles. The van der Waals surface area contributed by atoms with Gasteiger partial charge in [0, 0.05) is 16.3 Å². The second kappa shape index (κ2) is 7.10. The highest BCUT2D eigenvalue weighted by Crippen LogP contribution is 2.23. The number of benzene rings is 3. The lowest BCUT2D eigenvalue weighted by molar-refractivity contribution is 0.601. The highest BCUT2D eigenvalue weighted by molar-refractivity contribution is 7.92. The number of anilines is 1. The molecule has 0 atom stereocenters. The Balaban J connectivity index is 1.71. The second-order valence-electron chi connectivity index (χ2n) is 6.07. The van der Waals surface area contributed by atoms with Gasteiger partial charge in [0.15, 0.2) is 0 Å². The lowest BCUT2D eigenvalue weighted by Gasteiger charge is -2.10. The minimum absolute atomic E-state index is 0.0870. The molecule has 6 nitrogen and oxygen atoms in total. The van der Waals surface area contributed by atoms with Gasteiger partial charge in [-0.05, 0) is 48.5 Å². The monoisotopic (exact) mass is 411 g/mol. The summed E-state index contributed by atoms with van der Waals surface area (Å²) < 4.78 is 27.6. The van der Waals surface area contributed by atoms with Crippen LogP contribution in [0.2, 0.25) is 5.02 Å². The Morgan fingerprint density at radius 3 is 2.46 bits per heavy atom. The zero-order chi connectivity index (χ0) is 19.7. The summed E-state index contributed by atoms with van der Waals surface area (Å²) in [7, 11) is -3.79. The van der Waals surface area contributed by atoms with Gasteiger partial charge in [-0.2, -0.15) is 0 Å². The van der Waals surface area contributed by atoms with Crippen molar-refractivity contribution in [3.63, 3.8) is 0 Å². The zero-order valence-electron chi connectivity index (χ0n) is 14.4. The molecule has 0 fully saturated rings.